The maximum Gasteiger partial charge on any atom is 0.230 e. The number of methoxy groups -OCH3 is 1. The summed E-state index contributed by atoms with van der Waals surface area (Å²) in [6.45, 7) is 5.20. The van der Waals surface area contributed by atoms with Gasteiger partial charge in [-0.15, -0.1) is 10.2 Å². The number of nitrogens with one attached hydrogen (secondary N) is 1. The van der Waals surface area contributed by atoms with E-state index in [0.717, 1.165) is 22.5 Å². The summed E-state index contributed by atoms with van der Waals surface area (Å²) in [6, 6.07) is 18.0. The van der Waals surface area contributed by atoms with Gasteiger partial charge in [0.25, 0.3) is 0 Å². The number of rotatable bonds is 9. The van der Waals surface area contributed by atoms with E-state index < -0.39 is 0 Å². The number of benzene rings is 2. The minimum atomic E-state index is -0.0430. The number of aromatic nitrogens is 3. The van der Waals surface area contributed by atoms with Gasteiger partial charge in [-0.3, -0.25) is 9.36 Å². The van der Waals surface area contributed by atoms with Crippen LogP contribution in [0.1, 0.15) is 24.1 Å². The molecule has 152 valence electrons. The molecule has 0 spiro atoms. The standard InChI is InChI=1S/C22H26N4O2S/c1-16-8-7-11-19(14-16)21-24-25-22(26(21)12-13-28-3)29-15-20(27)23-17(2)18-9-5-4-6-10-18/h4-11,14,17H,12-13,15H2,1-3H3,(H,23,27). The van der Waals surface area contributed by atoms with Gasteiger partial charge in [0.05, 0.1) is 24.9 Å². The van der Waals surface area contributed by atoms with Gasteiger partial charge in [-0.1, -0.05) is 65.9 Å². The smallest absolute Gasteiger partial charge is 0.230 e. The molecule has 0 bridgehead atoms. The van der Waals surface area contributed by atoms with Gasteiger partial charge >= 0.3 is 0 Å². The van der Waals surface area contributed by atoms with Gasteiger partial charge in [0, 0.05) is 12.7 Å². The lowest BCUT2D eigenvalue weighted by Gasteiger charge is -2.14. The normalized spacial score (nSPS) is 12.0. The van der Waals surface area contributed by atoms with Crippen molar-refractivity contribution in [3.05, 3.63) is 65.7 Å². The molecule has 3 rings (SSSR count). The SMILES string of the molecule is COCCn1c(SCC(=O)NC(C)c2ccccc2)nnc1-c1cccc(C)c1. The van der Waals surface area contributed by atoms with Gasteiger partial charge in [0.2, 0.25) is 5.91 Å². The Hall–Kier alpha value is -2.64. The van der Waals surface area contributed by atoms with E-state index >= 15 is 0 Å². The zero-order valence-electron chi connectivity index (χ0n) is 17.0. The van der Waals surface area contributed by atoms with Crippen molar-refractivity contribution in [3.63, 3.8) is 0 Å². The lowest BCUT2D eigenvalue weighted by Crippen LogP contribution is -2.28. The molecule has 0 aliphatic heterocycles. The summed E-state index contributed by atoms with van der Waals surface area (Å²) in [5, 5.41) is 12.4. The summed E-state index contributed by atoms with van der Waals surface area (Å²) in [6.07, 6.45) is 0. The predicted octanol–water partition coefficient (Wildman–Crippen LogP) is 3.87. The monoisotopic (exact) mass is 410 g/mol. The van der Waals surface area contributed by atoms with E-state index in [1.165, 1.54) is 11.8 Å². The first-order chi connectivity index (χ1) is 14.1. The van der Waals surface area contributed by atoms with Crippen LogP contribution in [0.3, 0.4) is 0 Å². The number of carbonyl (C=O) groups excluding carboxylic acids is 1. The van der Waals surface area contributed by atoms with Crippen molar-refractivity contribution in [3.8, 4) is 11.4 Å². The molecule has 1 amide bonds. The van der Waals surface area contributed by atoms with E-state index in [1.807, 2.05) is 66.9 Å². The number of aryl methyl sites for hydroxylation is 1. The number of carbonyl (C=O) groups is 1. The number of hydrogen-bond donors (Lipinski definition) is 1. The maximum atomic E-state index is 12.4. The van der Waals surface area contributed by atoms with Gasteiger partial charge in [-0.05, 0) is 25.5 Å². The lowest BCUT2D eigenvalue weighted by molar-refractivity contribution is -0.119. The molecule has 0 radical (unpaired) electrons. The molecule has 7 heteroatoms. The molecule has 2 aromatic carbocycles. The quantitative estimate of drug-likeness (QED) is 0.543. The second kappa shape index (κ2) is 10.2. The molecular formula is C22H26N4O2S. The van der Waals surface area contributed by atoms with Crippen LogP contribution in [0, 0.1) is 6.92 Å². The van der Waals surface area contributed by atoms with Crippen molar-refractivity contribution < 1.29 is 9.53 Å². The summed E-state index contributed by atoms with van der Waals surface area (Å²) in [4.78, 5) is 12.4. The van der Waals surface area contributed by atoms with Gasteiger partial charge in [0.1, 0.15) is 0 Å². The van der Waals surface area contributed by atoms with Crippen LogP contribution in [0.2, 0.25) is 0 Å². The van der Waals surface area contributed by atoms with Crippen LogP contribution in [0.25, 0.3) is 11.4 Å². The van der Waals surface area contributed by atoms with Crippen LogP contribution in [-0.2, 0) is 16.1 Å². The number of thioether (sulfide) groups is 1. The first-order valence-corrected chi connectivity index (χ1v) is 10.5. The van der Waals surface area contributed by atoms with E-state index in [1.54, 1.807) is 7.11 Å². The van der Waals surface area contributed by atoms with E-state index in [9.17, 15) is 4.79 Å². The van der Waals surface area contributed by atoms with Crippen molar-refractivity contribution in [2.24, 2.45) is 0 Å². The van der Waals surface area contributed by atoms with Crippen molar-refractivity contribution in [1.29, 1.82) is 0 Å². The fourth-order valence-corrected chi connectivity index (χ4v) is 3.79. The third-order valence-corrected chi connectivity index (χ3v) is 5.49. The van der Waals surface area contributed by atoms with Gasteiger partial charge in [-0.25, -0.2) is 0 Å². The molecule has 0 aliphatic rings. The van der Waals surface area contributed by atoms with Crippen LogP contribution in [-0.4, -0.2) is 40.1 Å². The van der Waals surface area contributed by atoms with Crippen LogP contribution in [0.5, 0.6) is 0 Å². The fourth-order valence-electron chi connectivity index (χ4n) is 3.02. The van der Waals surface area contributed by atoms with E-state index in [-0.39, 0.29) is 17.7 Å². The molecule has 1 aromatic heterocycles. The highest BCUT2D eigenvalue weighted by molar-refractivity contribution is 7.99. The molecular weight excluding hydrogens is 384 g/mol. The molecule has 1 N–H and O–H groups in total. The Morgan fingerprint density at radius 3 is 2.69 bits per heavy atom. The highest BCUT2D eigenvalue weighted by Gasteiger charge is 2.16. The molecule has 1 heterocycles. The summed E-state index contributed by atoms with van der Waals surface area (Å²) in [5.41, 5.74) is 3.24. The Bertz CT molecular complexity index is 943. The largest absolute Gasteiger partial charge is 0.383 e. The zero-order valence-corrected chi connectivity index (χ0v) is 17.8. The summed E-state index contributed by atoms with van der Waals surface area (Å²) in [5.74, 6) is 1.02. The van der Waals surface area contributed by atoms with Gasteiger partial charge < -0.3 is 10.1 Å². The molecule has 0 saturated carbocycles. The highest BCUT2D eigenvalue weighted by Crippen LogP contribution is 2.25. The van der Waals surface area contributed by atoms with Crippen molar-refractivity contribution in [2.75, 3.05) is 19.5 Å². The summed E-state index contributed by atoms with van der Waals surface area (Å²) in [7, 11) is 1.67. The predicted molar refractivity (Wildman–Crippen MR) is 116 cm³/mol. The summed E-state index contributed by atoms with van der Waals surface area (Å²) < 4.78 is 7.26. The lowest BCUT2D eigenvalue weighted by atomic mass is 10.1. The van der Waals surface area contributed by atoms with Crippen LogP contribution < -0.4 is 5.32 Å². The van der Waals surface area contributed by atoms with E-state index in [2.05, 4.69) is 21.6 Å². The Morgan fingerprint density at radius 2 is 1.97 bits per heavy atom. The fraction of sp³-hybridized carbons (Fsp3) is 0.318. The first kappa shape index (κ1) is 21.1. The van der Waals surface area contributed by atoms with Crippen molar-refractivity contribution in [2.45, 2.75) is 31.6 Å². The Balaban J connectivity index is 1.69. The maximum absolute atomic E-state index is 12.4. The number of amides is 1. The topological polar surface area (TPSA) is 69.0 Å². The van der Waals surface area contributed by atoms with Gasteiger partial charge in [-0.2, -0.15) is 0 Å². The molecule has 29 heavy (non-hydrogen) atoms. The zero-order chi connectivity index (χ0) is 20.6. The third kappa shape index (κ3) is 5.68. The molecule has 0 saturated heterocycles. The minimum absolute atomic E-state index is 0.0373. The van der Waals surface area contributed by atoms with Crippen LogP contribution in [0.15, 0.2) is 59.8 Å². The molecule has 0 aliphatic carbocycles. The molecule has 0 fully saturated rings. The van der Waals surface area contributed by atoms with E-state index in [0.29, 0.717) is 18.3 Å². The Kier molecular flexibility index (Phi) is 7.43. The molecule has 1 unspecified atom stereocenters. The Morgan fingerprint density at radius 1 is 1.17 bits per heavy atom. The average Bonchev–Trinajstić information content (AvgIpc) is 3.14. The number of hydrogen-bond acceptors (Lipinski definition) is 5. The van der Waals surface area contributed by atoms with E-state index in [4.69, 9.17) is 4.74 Å². The van der Waals surface area contributed by atoms with Crippen molar-refractivity contribution >= 4 is 17.7 Å². The highest BCUT2D eigenvalue weighted by atomic mass is 32.2. The molecule has 3 aromatic rings. The third-order valence-electron chi connectivity index (χ3n) is 4.52. The second-order valence-electron chi connectivity index (χ2n) is 6.81. The van der Waals surface area contributed by atoms with Crippen LogP contribution >= 0.6 is 11.8 Å². The minimum Gasteiger partial charge on any atom is -0.383 e. The second-order valence-corrected chi connectivity index (χ2v) is 7.75. The number of nitrogens with zero attached hydrogens (tertiary/aromatic N) is 3. The van der Waals surface area contributed by atoms with Crippen molar-refractivity contribution in [1.82, 2.24) is 20.1 Å². The van der Waals surface area contributed by atoms with Crippen LogP contribution in [0.4, 0.5) is 0 Å². The molecule has 6 nitrogen and oxygen atoms in total. The number of ether oxygens (including phenoxy) is 1. The average molecular weight is 411 g/mol. The van der Waals surface area contributed by atoms with Gasteiger partial charge in [0.15, 0.2) is 11.0 Å². The Labute approximate surface area is 175 Å². The molecule has 1 atom stereocenters. The summed E-state index contributed by atoms with van der Waals surface area (Å²) >= 11 is 1.38. The first-order valence-electron chi connectivity index (χ1n) is 9.54.